The van der Waals surface area contributed by atoms with Crippen LogP contribution in [0.2, 0.25) is 0 Å². The molecule has 1 fully saturated rings. The molecule has 4 atom stereocenters. The van der Waals surface area contributed by atoms with E-state index in [2.05, 4.69) is 72.2 Å². The van der Waals surface area contributed by atoms with E-state index in [9.17, 15) is 0 Å². The van der Waals surface area contributed by atoms with Crippen LogP contribution in [-0.4, -0.2) is 57.7 Å². The molecule has 1 aromatic heterocycles. The highest BCUT2D eigenvalue weighted by Crippen LogP contribution is 2.32. The van der Waals surface area contributed by atoms with Crippen LogP contribution in [0.15, 0.2) is 34.3 Å². The lowest BCUT2D eigenvalue weighted by molar-refractivity contribution is 0.166. The highest BCUT2D eigenvalue weighted by atomic mass is 32.2. The Bertz CT molecular complexity index is 795. The average molecular weight is 398 g/mol. The number of aliphatic imine (C=N–C) groups is 2. The van der Waals surface area contributed by atoms with Gasteiger partial charge in [0.2, 0.25) is 0 Å². The molecule has 0 spiro atoms. The summed E-state index contributed by atoms with van der Waals surface area (Å²) in [6.07, 6.45) is 7.16. The Morgan fingerprint density at radius 3 is 2.79 bits per heavy atom. The van der Waals surface area contributed by atoms with E-state index in [1.807, 2.05) is 11.8 Å². The number of aromatic nitrogens is 1. The molecule has 0 amide bonds. The molecule has 1 aromatic rings. The predicted molar refractivity (Wildman–Crippen MR) is 121 cm³/mol. The fourth-order valence-electron chi connectivity index (χ4n) is 4.43. The van der Waals surface area contributed by atoms with E-state index in [1.165, 1.54) is 24.2 Å². The number of aryl methyl sites for hydroxylation is 2. The van der Waals surface area contributed by atoms with Crippen LogP contribution in [0.25, 0.3) is 0 Å². The van der Waals surface area contributed by atoms with Crippen LogP contribution in [0.4, 0.5) is 5.69 Å². The Hall–Kier alpha value is -1.66. The molecule has 3 unspecified atom stereocenters. The Balaban J connectivity index is 1.35. The van der Waals surface area contributed by atoms with Crippen LogP contribution in [-0.2, 0) is 0 Å². The first-order chi connectivity index (χ1) is 13.5. The quantitative estimate of drug-likeness (QED) is 0.813. The van der Waals surface area contributed by atoms with Crippen molar-refractivity contribution in [1.82, 2.24) is 9.88 Å². The number of piperidine rings is 1. The number of anilines is 1. The molecule has 0 aromatic carbocycles. The van der Waals surface area contributed by atoms with E-state index in [-0.39, 0.29) is 6.17 Å². The predicted octanol–water partition coefficient (Wildman–Crippen LogP) is 4.08. The summed E-state index contributed by atoms with van der Waals surface area (Å²) in [5, 5.41) is 5.20. The van der Waals surface area contributed by atoms with Crippen molar-refractivity contribution in [2.75, 3.05) is 25.0 Å². The number of rotatable bonds is 5. The van der Waals surface area contributed by atoms with Crippen LogP contribution >= 0.6 is 11.8 Å². The highest BCUT2D eigenvalue weighted by molar-refractivity contribution is 8.14. The van der Waals surface area contributed by atoms with E-state index < -0.39 is 0 Å². The normalized spacial score (nSPS) is 28.5. The molecule has 150 valence electrons. The highest BCUT2D eigenvalue weighted by Gasteiger charge is 2.32. The van der Waals surface area contributed by atoms with Crippen molar-refractivity contribution in [3.63, 3.8) is 0 Å². The van der Waals surface area contributed by atoms with E-state index in [4.69, 9.17) is 4.99 Å². The third kappa shape index (κ3) is 4.49. The largest absolute Gasteiger partial charge is 0.385 e. The van der Waals surface area contributed by atoms with Crippen LogP contribution < -0.4 is 5.32 Å². The Kier molecular flexibility index (Phi) is 5.88. The first-order valence-corrected chi connectivity index (χ1v) is 11.3. The molecule has 28 heavy (non-hydrogen) atoms. The van der Waals surface area contributed by atoms with Gasteiger partial charge in [-0.15, -0.1) is 0 Å². The molecule has 3 aliphatic heterocycles. The fourth-order valence-corrected chi connectivity index (χ4v) is 5.39. The van der Waals surface area contributed by atoms with E-state index >= 15 is 0 Å². The smallest absolute Gasteiger partial charge is 0.156 e. The van der Waals surface area contributed by atoms with Gasteiger partial charge in [-0.25, -0.2) is 0 Å². The molecule has 4 heterocycles. The summed E-state index contributed by atoms with van der Waals surface area (Å²) in [6, 6.07) is 4.62. The second-order valence-electron chi connectivity index (χ2n) is 8.26. The fraction of sp³-hybridized carbons (Fsp3) is 0.591. The molecule has 0 aliphatic carbocycles. The molecule has 4 rings (SSSR count). The molecule has 0 bridgehead atoms. The average Bonchev–Trinajstić information content (AvgIpc) is 3.04. The molecule has 1 N–H and O–H groups in total. The number of nitrogens with one attached hydrogen (secondary N) is 1. The SMILES string of the molecule is CC1=NC2N=C([C@@H](C)N3CCCC(CNc4cc(C)nc(C)c4)C3)C=CC2S1. The maximum atomic E-state index is 4.96. The van der Waals surface area contributed by atoms with Gasteiger partial charge in [-0.2, -0.15) is 0 Å². The first-order valence-electron chi connectivity index (χ1n) is 10.4. The maximum absolute atomic E-state index is 4.96. The lowest BCUT2D eigenvalue weighted by Crippen LogP contribution is -2.46. The first kappa shape index (κ1) is 19.6. The van der Waals surface area contributed by atoms with Gasteiger partial charge in [0, 0.05) is 36.2 Å². The van der Waals surface area contributed by atoms with Gasteiger partial charge in [-0.1, -0.05) is 17.8 Å². The third-order valence-corrected chi connectivity index (χ3v) is 6.97. The minimum Gasteiger partial charge on any atom is -0.385 e. The Morgan fingerprint density at radius 1 is 1.21 bits per heavy atom. The van der Waals surface area contributed by atoms with Gasteiger partial charge >= 0.3 is 0 Å². The number of likely N-dealkylation sites (tertiary alicyclic amines) is 1. The second-order valence-corrected chi connectivity index (χ2v) is 9.63. The van der Waals surface area contributed by atoms with E-state index in [1.54, 1.807) is 0 Å². The zero-order valence-electron chi connectivity index (χ0n) is 17.4. The third-order valence-electron chi connectivity index (χ3n) is 5.86. The Morgan fingerprint density at radius 2 is 2.00 bits per heavy atom. The number of hydrogen-bond acceptors (Lipinski definition) is 6. The van der Waals surface area contributed by atoms with Crippen molar-refractivity contribution < 1.29 is 0 Å². The van der Waals surface area contributed by atoms with Crippen LogP contribution in [0.1, 0.15) is 38.1 Å². The molecule has 0 radical (unpaired) electrons. The lowest BCUT2D eigenvalue weighted by Gasteiger charge is -2.37. The van der Waals surface area contributed by atoms with Gasteiger partial charge in [-0.05, 0) is 71.2 Å². The van der Waals surface area contributed by atoms with Gasteiger partial charge < -0.3 is 5.32 Å². The summed E-state index contributed by atoms with van der Waals surface area (Å²) < 4.78 is 0. The van der Waals surface area contributed by atoms with Gasteiger partial charge in [0.05, 0.1) is 16.0 Å². The topological polar surface area (TPSA) is 52.9 Å². The van der Waals surface area contributed by atoms with Crippen LogP contribution in [0.5, 0.6) is 0 Å². The van der Waals surface area contributed by atoms with Crippen molar-refractivity contribution in [2.24, 2.45) is 15.9 Å². The summed E-state index contributed by atoms with van der Waals surface area (Å²) >= 11 is 1.84. The summed E-state index contributed by atoms with van der Waals surface area (Å²) in [4.78, 5) is 16.7. The van der Waals surface area contributed by atoms with E-state index in [0.717, 1.165) is 36.1 Å². The summed E-state index contributed by atoms with van der Waals surface area (Å²) in [5.41, 5.74) is 4.52. The van der Waals surface area contributed by atoms with Crippen molar-refractivity contribution in [1.29, 1.82) is 0 Å². The molecule has 1 saturated heterocycles. The minimum absolute atomic E-state index is 0.0906. The monoisotopic (exact) mass is 397 g/mol. The molecular formula is C22H31N5S. The molecule has 5 nitrogen and oxygen atoms in total. The van der Waals surface area contributed by atoms with Crippen molar-refractivity contribution in [3.05, 3.63) is 35.7 Å². The lowest BCUT2D eigenvalue weighted by atomic mass is 9.95. The standard InChI is InChI=1S/C22H31N5S/c1-14-10-19(11-15(2)24-14)23-12-18-6-5-9-27(13-18)16(3)20-7-8-21-22(26-20)25-17(4)28-21/h7-8,10-11,16,18,21-22H,5-6,9,12-13H2,1-4H3,(H,23,24)/t16-,18?,21?,22?/m1/s1. The summed E-state index contributed by atoms with van der Waals surface area (Å²) in [7, 11) is 0. The van der Waals surface area contributed by atoms with E-state index in [0.29, 0.717) is 17.2 Å². The van der Waals surface area contributed by atoms with Crippen LogP contribution in [0, 0.1) is 19.8 Å². The zero-order valence-corrected chi connectivity index (χ0v) is 18.2. The summed E-state index contributed by atoms with van der Waals surface area (Å²) in [5.74, 6) is 0.660. The van der Waals surface area contributed by atoms with Crippen molar-refractivity contribution in [2.45, 2.75) is 58.0 Å². The summed E-state index contributed by atoms with van der Waals surface area (Å²) in [6.45, 7) is 11.8. The van der Waals surface area contributed by atoms with Gasteiger partial charge in [-0.3, -0.25) is 19.9 Å². The number of hydrogen-bond donors (Lipinski definition) is 1. The molecule has 6 heteroatoms. The number of fused-ring (bicyclic) bond motifs is 1. The number of nitrogens with zero attached hydrogens (tertiary/aromatic N) is 4. The van der Waals surface area contributed by atoms with Crippen molar-refractivity contribution in [3.8, 4) is 0 Å². The number of pyridine rings is 1. The van der Waals surface area contributed by atoms with Crippen LogP contribution in [0.3, 0.4) is 0 Å². The number of dihydropyridines is 1. The second kappa shape index (κ2) is 8.37. The molecule has 0 saturated carbocycles. The maximum Gasteiger partial charge on any atom is 0.156 e. The minimum atomic E-state index is 0.0906. The van der Waals surface area contributed by atoms with Gasteiger partial charge in [0.1, 0.15) is 0 Å². The molecule has 3 aliphatic rings. The van der Waals surface area contributed by atoms with Gasteiger partial charge in [0.25, 0.3) is 0 Å². The Labute approximate surface area is 172 Å². The number of thioether (sulfide) groups is 1. The van der Waals surface area contributed by atoms with Crippen molar-refractivity contribution >= 4 is 28.2 Å². The zero-order chi connectivity index (χ0) is 19.7. The molecular weight excluding hydrogens is 366 g/mol. The van der Waals surface area contributed by atoms with Gasteiger partial charge in [0.15, 0.2) is 6.17 Å².